The molecular formula is C46H53F3O8S2. The van der Waals surface area contributed by atoms with Crippen molar-refractivity contribution in [1.29, 1.82) is 0 Å². The Morgan fingerprint density at radius 2 is 1.39 bits per heavy atom. The maximum atomic E-state index is 13.8. The number of esters is 1. The van der Waals surface area contributed by atoms with E-state index in [1.165, 1.54) is 14.7 Å². The Kier molecular flexibility index (Phi) is 13.7. The summed E-state index contributed by atoms with van der Waals surface area (Å²) < 4.78 is 76.4. The Morgan fingerprint density at radius 3 is 1.92 bits per heavy atom. The molecule has 0 saturated heterocycles. The van der Waals surface area contributed by atoms with Gasteiger partial charge >= 0.3 is 11.2 Å². The highest BCUT2D eigenvalue weighted by atomic mass is 32.2. The van der Waals surface area contributed by atoms with E-state index in [2.05, 4.69) is 97.9 Å². The number of ether oxygens (including phenoxy) is 1. The molecule has 0 amide bonds. The highest BCUT2D eigenvalue weighted by Gasteiger charge is 2.66. The molecule has 0 N–H and O–H groups in total. The molecule has 13 heteroatoms. The molecule has 4 aliphatic carbocycles. The van der Waals surface area contributed by atoms with Crippen molar-refractivity contribution < 1.29 is 50.1 Å². The second kappa shape index (κ2) is 18.0. The van der Waals surface area contributed by atoms with Gasteiger partial charge in [0.1, 0.15) is 17.3 Å². The standard InChI is InChI=1S/C28H39F3O8S.C18H15S/c1-15(4-7-24(35)39-11-9-22(29)28(30,31)40(36,37)38)18-5-6-19-25-20(14-23(34)27(18,19)3)26(2)10-8-17(32)12-16(26)13-21(25)33;1-4-10-16(11-5-1)19(17-12-6-2-7-13-17)18-14-8-3-9-15-18/h15-16,18-20,22,25H,4-14H2,1-3H3,(H,36,37,38);1-15H/q;+1/p-1/t15-,16?,18-,19?,20?,22?,25?,26+,27-;/m1./s1. The number of hydrogen-bond acceptors (Lipinski definition) is 8. The van der Waals surface area contributed by atoms with E-state index in [0.717, 1.165) is 12.8 Å². The second-order valence-corrected chi connectivity index (χ2v) is 20.7. The van der Waals surface area contributed by atoms with E-state index in [4.69, 9.17) is 4.74 Å². The summed E-state index contributed by atoms with van der Waals surface area (Å²) in [6.07, 6.45) is -0.491. The largest absolute Gasteiger partial charge is 0.743 e. The van der Waals surface area contributed by atoms with Crippen molar-refractivity contribution in [2.75, 3.05) is 6.61 Å². The van der Waals surface area contributed by atoms with Crippen LogP contribution in [0.25, 0.3) is 0 Å². The van der Waals surface area contributed by atoms with Crippen molar-refractivity contribution in [1.82, 2.24) is 0 Å². The number of rotatable bonds is 12. The molecule has 3 aromatic carbocycles. The van der Waals surface area contributed by atoms with E-state index in [0.29, 0.717) is 38.5 Å². The summed E-state index contributed by atoms with van der Waals surface area (Å²) >= 11 is 0. The number of alkyl halides is 3. The van der Waals surface area contributed by atoms with Gasteiger partial charge in [-0.05, 0) is 97.1 Å². The van der Waals surface area contributed by atoms with E-state index in [-0.39, 0.29) is 75.6 Å². The van der Waals surface area contributed by atoms with Crippen molar-refractivity contribution in [3.63, 3.8) is 0 Å². The van der Waals surface area contributed by atoms with Gasteiger partial charge in [-0.1, -0.05) is 75.4 Å². The second-order valence-electron chi connectivity index (χ2n) is 17.2. The fourth-order valence-corrected chi connectivity index (χ4v) is 13.2. The van der Waals surface area contributed by atoms with Gasteiger partial charge < -0.3 is 9.29 Å². The number of fused-ring (bicyclic) bond motifs is 5. The molecule has 3 aromatic rings. The van der Waals surface area contributed by atoms with Crippen LogP contribution in [0, 0.1) is 46.3 Å². The number of ketones is 3. The summed E-state index contributed by atoms with van der Waals surface area (Å²) in [5, 5.41) is -5.11. The molecule has 4 fully saturated rings. The van der Waals surface area contributed by atoms with Crippen LogP contribution in [-0.2, 0) is 44.9 Å². The number of halogens is 3. The highest BCUT2D eigenvalue weighted by Crippen LogP contribution is 2.66. The van der Waals surface area contributed by atoms with Crippen LogP contribution < -0.4 is 0 Å². The lowest BCUT2D eigenvalue weighted by Crippen LogP contribution is -2.60. The first-order valence-corrected chi connectivity index (χ1v) is 23.1. The van der Waals surface area contributed by atoms with Crippen LogP contribution in [0.15, 0.2) is 106 Å². The summed E-state index contributed by atoms with van der Waals surface area (Å²) in [5.41, 5.74) is -0.928. The van der Waals surface area contributed by atoms with Crippen molar-refractivity contribution in [3.05, 3.63) is 91.0 Å². The Hall–Kier alpha value is -3.81. The third-order valence-corrected chi connectivity index (χ3v) is 17.1. The maximum absolute atomic E-state index is 13.8. The fraction of sp³-hybridized carbons (Fsp3) is 0.522. The Balaban J connectivity index is 0.000000255. The molecule has 0 radical (unpaired) electrons. The number of carbonyl (C=O) groups excluding carboxylic acids is 4. The van der Waals surface area contributed by atoms with Gasteiger partial charge in [0, 0.05) is 49.9 Å². The van der Waals surface area contributed by atoms with E-state index in [9.17, 15) is 45.3 Å². The zero-order valence-electron chi connectivity index (χ0n) is 33.7. The van der Waals surface area contributed by atoms with Crippen molar-refractivity contribution in [2.45, 2.75) is 111 Å². The number of hydrogen-bond donors (Lipinski definition) is 0. The van der Waals surface area contributed by atoms with Gasteiger partial charge in [0.05, 0.1) is 17.5 Å². The molecule has 4 saturated carbocycles. The molecular weight excluding hydrogens is 802 g/mol. The van der Waals surface area contributed by atoms with Gasteiger partial charge in [-0.2, -0.15) is 8.78 Å². The summed E-state index contributed by atoms with van der Waals surface area (Å²) in [6, 6.07) is 32.2. The van der Waals surface area contributed by atoms with Crippen LogP contribution in [0.5, 0.6) is 0 Å². The van der Waals surface area contributed by atoms with Crippen LogP contribution in [0.4, 0.5) is 13.2 Å². The van der Waals surface area contributed by atoms with Crippen LogP contribution in [0.1, 0.15) is 85.0 Å². The van der Waals surface area contributed by atoms with Crippen LogP contribution in [0.2, 0.25) is 0 Å². The van der Waals surface area contributed by atoms with Gasteiger partial charge in [0.2, 0.25) is 0 Å². The predicted octanol–water partition coefficient (Wildman–Crippen LogP) is 9.18. The average molecular weight is 855 g/mol. The molecule has 0 aliphatic heterocycles. The first-order valence-electron chi connectivity index (χ1n) is 20.5. The average Bonchev–Trinajstić information content (AvgIpc) is 3.57. The molecule has 0 heterocycles. The summed E-state index contributed by atoms with van der Waals surface area (Å²) in [5.74, 6) is -0.861. The van der Waals surface area contributed by atoms with Crippen LogP contribution >= 0.6 is 0 Å². The minimum atomic E-state index is -6.19. The summed E-state index contributed by atoms with van der Waals surface area (Å²) in [4.78, 5) is 55.7. The molecule has 59 heavy (non-hydrogen) atoms. The lowest BCUT2D eigenvalue weighted by atomic mass is 9.44. The fourth-order valence-electron chi connectivity index (χ4n) is 10.7. The molecule has 8 nitrogen and oxygen atoms in total. The number of carbonyl (C=O) groups is 4. The number of benzene rings is 3. The first kappa shape index (κ1) is 44.7. The van der Waals surface area contributed by atoms with Gasteiger partial charge in [-0.25, -0.2) is 12.8 Å². The zero-order chi connectivity index (χ0) is 42.8. The van der Waals surface area contributed by atoms with Gasteiger partial charge in [0.25, 0.3) is 0 Å². The maximum Gasteiger partial charge on any atom is 0.364 e. The lowest BCUT2D eigenvalue weighted by Gasteiger charge is -2.58. The van der Waals surface area contributed by atoms with Gasteiger partial charge in [-0.15, -0.1) is 0 Å². The Bertz CT molecular complexity index is 1990. The van der Waals surface area contributed by atoms with Crippen molar-refractivity contribution >= 4 is 44.3 Å². The van der Waals surface area contributed by atoms with E-state index >= 15 is 0 Å². The highest BCUT2D eigenvalue weighted by molar-refractivity contribution is 7.97. The normalized spacial score (nSPS) is 29.0. The Morgan fingerprint density at radius 1 is 0.847 bits per heavy atom. The topological polar surface area (TPSA) is 135 Å². The molecule has 0 bridgehead atoms. The third-order valence-electron chi connectivity index (χ3n) is 14.0. The Labute approximate surface area is 348 Å². The predicted molar refractivity (Wildman–Crippen MR) is 216 cm³/mol. The number of Topliss-reactive ketones (excluding diaryl/α,β-unsaturated/α-hetero) is 3. The van der Waals surface area contributed by atoms with Crippen LogP contribution in [0.3, 0.4) is 0 Å². The molecule has 0 spiro atoms. The molecule has 7 rings (SSSR count). The van der Waals surface area contributed by atoms with Crippen molar-refractivity contribution in [2.24, 2.45) is 46.3 Å². The zero-order valence-corrected chi connectivity index (χ0v) is 35.3. The molecule has 318 valence electrons. The molecule has 5 unspecified atom stereocenters. The van der Waals surface area contributed by atoms with E-state index in [1.54, 1.807) is 0 Å². The van der Waals surface area contributed by atoms with Gasteiger partial charge in [-0.3, -0.25) is 19.2 Å². The molecule has 9 atom stereocenters. The third kappa shape index (κ3) is 9.12. The molecule has 0 aromatic heterocycles. The summed E-state index contributed by atoms with van der Waals surface area (Å²) in [6.45, 7) is 5.21. The van der Waals surface area contributed by atoms with Crippen LogP contribution in [-0.4, -0.2) is 54.3 Å². The molecule has 4 aliphatic rings. The smallest absolute Gasteiger partial charge is 0.364 e. The minimum Gasteiger partial charge on any atom is -0.743 e. The monoisotopic (exact) mass is 854 g/mol. The van der Waals surface area contributed by atoms with Gasteiger partial charge in [0.15, 0.2) is 31.0 Å². The van der Waals surface area contributed by atoms with Crippen molar-refractivity contribution in [3.8, 4) is 0 Å². The first-order chi connectivity index (χ1) is 27.9. The SMILES string of the molecule is C[C@H](CCC(=O)OCCC(F)C(F)(F)S(=O)(=O)[O-])[C@H]1CCC2C3C(=O)CC4CC(=O)CC[C@]4(C)C3CC(=O)[C@@]21C.c1ccc([S+](c2ccccc2)c2ccccc2)cc1. The summed E-state index contributed by atoms with van der Waals surface area (Å²) in [7, 11) is -6.20. The van der Waals surface area contributed by atoms with E-state index < -0.39 is 46.0 Å². The quantitative estimate of drug-likeness (QED) is 0.100. The van der Waals surface area contributed by atoms with E-state index in [1.807, 2.05) is 13.8 Å². The lowest BCUT2D eigenvalue weighted by molar-refractivity contribution is -0.166. The minimum absolute atomic E-state index is 0.00889.